The van der Waals surface area contributed by atoms with Crippen LogP contribution in [0.15, 0.2) is 24.3 Å². The Morgan fingerprint density at radius 2 is 2.13 bits per heavy atom. The van der Waals surface area contributed by atoms with Gasteiger partial charge in [0.25, 0.3) is 5.91 Å². The van der Waals surface area contributed by atoms with Crippen molar-refractivity contribution in [2.24, 2.45) is 0 Å². The van der Waals surface area contributed by atoms with Gasteiger partial charge in [-0.2, -0.15) is 0 Å². The average molecular weight is 205 g/mol. The predicted octanol–water partition coefficient (Wildman–Crippen LogP) is 1.38. The molecule has 1 unspecified atom stereocenters. The number of hydrogen-bond acceptors (Lipinski definition) is 2. The molecule has 0 aromatic heterocycles. The summed E-state index contributed by atoms with van der Waals surface area (Å²) in [4.78, 5) is 11.3. The fourth-order valence-electron chi connectivity index (χ4n) is 1.53. The van der Waals surface area contributed by atoms with Crippen LogP contribution >= 0.6 is 0 Å². The van der Waals surface area contributed by atoms with Gasteiger partial charge in [-0.15, -0.1) is 0 Å². The van der Waals surface area contributed by atoms with Crippen molar-refractivity contribution in [2.45, 2.75) is 18.9 Å². The zero-order chi connectivity index (χ0) is 10.7. The number of carbonyl (C=O) groups excluding carboxylic acids is 1. The summed E-state index contributed by atoms with van der Waals surface area (Å²) in [7, 11) is 1.64. The van der Waals surface area contributed by atoms with Crippen molar-refractivity contribution >= 4 is 5.91 Å². The van der Waals surface area contributed by atoms with Crippen LogP contribution in [-0.2, 0) is 11.2 Å². The summed E-state index contributed by atoms with van der Waals surface area (Å²) in [6.45, 7) is 0.913. The van der Waals surface area contributed by atoms with Gasteiger partial charge in [0.15, 0.2) is 0 Å². The van der Waals surface area contributed by atoms with E-state index in [1.807, 2.05) is 24.3 Å². The molecule has 1 amide bonds. The van der Waals surface area contributed by atoms with Crippen molar-refractivity contribution < 1.29 is 9.53 Å². The van der Waals surface area contributed by atoms with Gasteiger partial charge in [0.1, 0.15) is 0 Å². The molecule has 0 radical (unpaired) electrons. The van der Waals surface area contributed by atoms with Gasteiger partial charge in [0, 0.05) is 12.6 Å². The number of amides is 1. The van der Waals surface area contributed by atoms with Crippen LogP contribution in [0.2, 0.25) is 0 Å². The number of aryl methyl sites for hydroxylation is 1. The molecular weight excluding hydrogens is 190 g/mol. The second kappa shape index (κ2) is 4.45. The van der Waals surface area contributed by atoms with Gasteiger partial charge >= 0.3 is 0 Å². The van der Waals surface area contributed by atoms with E-state index >= 15 is 0 Å². The van der Waals surface area contributed by atoms with Crippen molar-refractivity contribution in [1.29, 1.82) is 0 Å². The maximum absolute atomic E-state index is 11.3. The van der Waals surface area contributed by atoms with E-state index in [0.29, 0.717) is 11.7 Å². The first-order valence-electron chi connectivity index (χ1n) is 5.22. The van der Waals surface area contributed by atoms with E-state index in [1.165, 1.54) is 5.56 Å². The zero-order valence-electron chi connectivity index (χ0n) is 8.82. The summed E-state index contributed by atoms with van der Waals surface area (Å²) in [6.07, 6.45) is 2.58. The Morgan fingerprint density at radius 1 is 1.47 bits per heavy atom. The third kappa shape index (κ3) is 2.80. The van der Waals surface area contributed by atoms with Gasteiger partial charge in [0.05, 0.1) is 12.7 Å². The lowest BCUT2D eigenvalue weighted by molar-refractivity contribution is 0.0963. The van der Waals surface area contributed by atoms with Crippen LogP contribution in [0.3, 0.4) is 0 Å². The van der Waals surface area contributed by atoms with Gasteiger partial charge in [-0.05, 0) is 30.5 Å². The fourth-order valence-corrected chi connectivity index (χ4v) is 1.53. The standard InChI is InChI=1S/C12H15NO2/c1-13-12(14)10-5-2-9(3-6-10)4-7-11-8-15-11/h2-3,5-6,11H,4,7-8H2,1H3,(H,13,14). The molecule has 1 aromatic carbocycles. The second-order valence-electron chi connectivity index (χ2n) is 3.77. The lowest BCUT2D eigenvalue weighted by Crippen LogP contribution is -2.17. The highest BCUT2D eigenvalue weighted by Crippen LogP contribution is 2.17. The van der Waals surface area contributed by atoms with Gasteiger partial charge in [0.2, 0.25) is 0 Å². The van der Waals surface area contributed by atoms with Crippen molar-refractivity contribution in [3.63, 3.8) is 0 Å². The first-order chi connectivity index (χ1) is 7.29. The highest BCUT2D eigenvalue weighted by molar-refractivity contribution is 5.93. The maximum atomic E-state index is 11.3. The maximum Gasteiger partial charge on any atom is 0.251 e. The third-order valence-electron chi connectivity index (χ3n) is 2.60. The van der Waals surface area contributed by atoms with Gasteiger partial charge in [-0.3, -0.25) is 4.79 Å². The predicted molar refractivity (Wildman–Crippen MR) is 57.9 cm³/mol. The molecule has 0 bridgehead atoms. The number of nitrogens with one attached hydrogen (secondary N) is 1. The number of rotatable bonds is 4. The Hall–Kier alpha value is -1.35. The molecule has 80 valence electrons. The highest BCUT2D eigenvalue weighted by Gasteiger charge is 2.21. The van der Waals surface area contributed by atoms with Gasteiger partial charge in [-0.1, -0.05) is 12.1 Å². The number of ether oxygens (including phenoxy) is 1. The number of hydrogen-bond donors (Lipinski definition) is 1. The lowest BCUT2D eigenvalue weighted by atomic mass is 10.1. The Kier molecular flexibility index (Phi) is 3.02. The molecule has 3 heteroatoms. The molecule has 1 heterocycles. The number of epoxide rings is 1. The van der Waals surface area contributed by atoms with Crippen molar-refractivity contribution in [2.75, 3.05) is 13.7 Å². The van der Waals surface area contributed by atoms with Crippen LogP contribution in [0.1, 0.15) is 22.3 Å². The summed E-state index contributed by atoms with van der Waals surface area (Å²) in [5, 5.41) is 2.60. The molecule has 1 atom stereocenters. The molecule has 0 saturated carbocycles. The molecular formula is C12H15NO2. The molecule has 1 aromatic rings. The largest absolute Gasteiger partial charge is 0.373 e. The van der Waals surface area contributed by atoms with E-state index in [9.17, 15) is 4.79 Å². The van der Waals surface area contributed by atoms with Crippen molar-refractivity contribution in [3.8, 4) is 0 Å². The van der Waals surface area contributed by atoms with Gasteiger partial charge in [-0.25, -0.2) is 0 Å². The van der Waals surface area contributed by atoms with E-state index in [1.54, 1.807) is 7.05 Å². The van der Waals surface area contributed by atoms with Gasteiger partial charge < -0.3 is 10.1 Å². The van der Waals surface area contributed by atoms with E-state index < -0.39 is 0 Å². The fraction of sp³-hybridized carbons (Fsp3) is 0.417. The molecule has 3 nitrogen and oxygen atoms in total. The Labute approximate surface area is 89.4 Å². The minimum absolute atomic E-state index is 0.0351. The normalized spacial score (nSPS) is 18.6. The quantitative estimate of drug-likeness (QED) is 0.754. The smallest absolute Gasteiger partial charge is 0.251 e. The monoisotopic (exact) mass is 205 g/mol. The molecule has 0 aliphatic carbocycles. The number of carbonyl (C=O) groups is 1. The third-order valence-corrected chi connectivity index (χ3v) is 2.60. The van der Waals surface area contributed by atoms with Crippen molar-refractivity contribution in [3.05, 3.63) is 35.4 Å². The topological polar surface area (TPSA) is 41.6 Å². The summed E-state index contributed by atoms with van der Waals surface area (Å²) in [5.74, 6) is -0.0351. The Balaban J connectivity index is 1.93. The Morgan fingerprint density at radius 3 is 2.67 bits per heavy atom. The summed E-state index contributed by atoms with van der Waals surface area (Å²) in [5.41, 5.74) is 1.97. The minimum Gasteiger partial charge on any atom is -0.373 e. The zero-order valence-corrected chi connectivity index (χ0v) is 8.82. The molecule has 1 fully saturated rings. The highest BCUT2D eigenvalue weighted by atomic mass is 16.6. The van der Waals surface area contributed by atoms with E-state index in [4.69, 9.17) is 4.74 Å². The van der Waals surface area contributed by atoms with E-state index in [-0.39, 0.29) is 5.91 Å². The van der Waals surface area contributed by atoms with E-state index in [0.717, 1.165) is 19.4 Å². The van der Waals surface area contributed by atoms with Crippen molar-refractivity contribution in [1.82, 2.24) is 5.32 Å². The van der Waals surface area contributed by atoms with Crippen LogP contribution < -0.4 is 5.32 Å². The molecule has 1 N–H and O–H groups in total. The summed E-state index contributed by atoms with van der Waals surface area (Å²) < 4.78 is 5.15. The van der Waals surface area contributed by atoms with Crippen LogP contribution in [0.5, 0.6) is 0 Å². The average Bonchev–Trinajstić information content (AvgIpc) is 3.10. The van der Waals surface area contributed by atoms with E-state index in [2.05, 4.69) is 5.32 Å². The SMILES string of the molecule is CNC(=O)c1ccc(CCC2CO2)cc1. The first kappa shape index (κ1) is 10.2. The molecule has 15 heavy (non-hydrogen) atoms. The van der Waals surface area contributed by atoms with Crippen LogP contribution in [0, 0.1) is 0 Å². The second-order valence-corrected chi connectivity index (χ2v) is 3.77. The minimum atomic E-state index is -0.0351. The molecule has 1 aliphatic rings. The first-order valence-corrected chi connectivity index (χ1v) is 5.22. The summed E-state index contributed by atoms with van der Waals surface area (Å²) in [6, 6.07) is 7.74. The Bertz CT molecular complexity index is 341. The molecule has 2 rings (SSSR count). The molecule has 1 saturated heterocycles. The van der Waals surface area contributed by atoms with Crippen LogP contribution in [0.25, 0.3) is 0 Å². The molecule has 1 aliphatic heterocycles. The van der Waals surface area contributed by atoms with Crippen LogP contribution in [-0.4, -0.2) is 25.7 Å². The lowest BCUT2D eigenvalue weighted by Gasteiger charge is -2.02. The number of benzene rings is 1. The summed E-state index contributed by atoms with van der Waals surface area (Å²) >= 11 is 0. The molecule has 0 spiro atoms. The van der Waals surface area contributed by atoms with Crippen LogP contribution in [0.4, 0.5) is 0 Å².